The molecule has 1 heterocycles. The summed E-state index contributed by atoms with van der Waals surface area (Å²) >= 11 is 0. The number of hydrogen-bond acceptors (Lipinski definition) is 3. The van der Waals surface area contributed by atoms with Gasteiger partial charge in [-0.3, -0.25) is 9.59 Å². The summed E-state index contributed by atoms with van der Waals surface area (Å²) in [6, 6.07) is 9.61. The van der Waals surface area contributed by atoms with Gasteiger partial charge in [-0.25, -0.2) is 0 Å². The molecule has 0 bridgehead atoms. The van der Waals surface area contributed by atoms with Crippen molar-refractivity contribution in [2.45, 2.75) is 31.2 Å². The van der Waals surface area contributed by atoms with Crippen molar-refractivity contribution in [3.8, 4) is 0 Å². The maximum atomic E-state index is 12.3. The molecular weight excluding hydrogens is 256 g/mol. The molecule has 5 heteroatoms. The second kappa shape index (κ2) is 7.05. The summed E-state index contributed by atoms with van der Waals surface area (Å²) in [6.07, 6.45) is 3.14. The van der Waals surface area contributed by atoms with Crippen molar-refractivity contribution in [1.29, 1.82) is 0 Å². The second-order valence-electron chi connectivity index (χ2n) is 5.06. The van der Waals surface area contributed by atoms with E-state index in [1.54, 1.807) is 0 Å². The maximum Gasteiger partial charge on any atom is 0.322 e. The lowest BCUT2D eigenvalue weighted by molar-refractivity contribution is -0.138. The zero-order valence-electron chi connectivity index (χ0n) is 11.3. The van der Waals surface area contributed by atoms with Gasteiger partial charge < -0.3 is 15.7 Å². The van der Waals surface area contributed by atoms with Crippen LogP contribution in [0.25, 0.3) is 0 Å². The molecule has 3 N–H and O–H groups in total. The molecule has 20 heavy (non-hydrogen) atoms. The van der Waals surface area contributed by atoms with E-state index in [2.05, 4.69) is 10.6 Å². The number of benzene rings is 1. The number of aliphatic carboxylic acids is 1. The molecule has 5 nitrogen and oxygen atoms in total. The maximum absolute atomic E-state index is 12.3. The summed E-state index contributed by atoms with van der Waals surface area (Å²) in [6.45, 7) is 0.565. The zero-order chi connectivity index (χ0) is 14.4. The van der Waals surface area contributed by atoms with E-state index in [4.69, 9.17) is 5.11 Å². The molecule has 1 aliphatic rings. The first-order valence-electron chi connectivity index (χ1n) is 6.96. The lowest BCUT2D eigenvalue weighted by Crippen LogP contribution is -2.46. The fourth-order valence-electron chi connectivity index (χ4n) is 2.66. The van der Waals surface area contributed by atoms with Gasteiger partial charge >= 0.3 is 5.97 Å². The Bertz CT molecular complexity index is 455. The minimum absolute atomic E-state index is 0.0694. The fraction of sp³-hybridized carbons (Fsp3) is 0.467. The highest BCUT2D eigenvalue weighted by atomic mass is 16.4. The van der Waals surface area contributed by atoms with Crippen LogP contribution < -0.4 is 10.6 Å². The van der Waals surface area contributed by atoms with Gasteiger partial charge in [0.1, 0.15) is 6.54 Å². The van der Waals surface area contributed by atoms with E-state index in [-0.39, 0.29) is 24.4 Å². The van der Waals surface area contributed by atoms with Crippen LogP contribution in [-0.2, 0) is 9.59 Å². The van der Waals surface area contributed by atoms with Gasteiger partial charge in [-0.05, 0) is 24.9 Å². The zero-order valence-corrected chi connectivity index (χ0v) is 11.3. The Hall–Kier alpha value is -1.88. The van der Waals surface area contributed by atoms with Crippen LogP contribution in [-0.4, -0.2) is 36.1 Å². The van der Waals surface area contributed by atoms with Gasteiger partial charge in [0.25, 0.3) is 0 Å². The van der Waals surface area contributed by atoms with E-state index in [9.17, 15) is 9.59 Å². The van der Waals surface area contributed by atoms with Crippen molar-refractivity contribution >= 4 is 11.9 Å². The summed E-state index contributed by atoms with van der Waals surface area (Å²) in [5, 5.41) is 14.6. The second-order valence-corrected chi connectivity index (χ2v) is 5.06. The van der Waals surface area contributed by atoms with Crippen molar-refractivity contribution in [3.63, 3.8) is 0 Å². The quantitative estimate of drug-likeness (QED) is 0.753. The Morgan fingerprint density at radius 2 is 2.05 bits per heavy atom. The Kier molecular flexibility index (Phi) is 5.12. The highest BCUT2D eigenvalue weighted by Crippen LogP contribution is 2.25. The predicted octanol–water partition coefficient (Wildman–Crippen LogP) is 1.11. The monoisotopic (exact) mass is 276 g/mol. The summed E-state index contributed by atoms with van der Waals surface area (Å²) in [5.41, 5.74) is 0.926. The minimum Gasteiger partial charge on any atom is -0.480 e. The first-order chi connectivity index (χ1) is 9.68. The molecule has 1 aliphatic heterocycles. The van der Waals surface area contributed by atoms with Gasteiger partial charge in [-0.15, -0.1) is 0 Å². The van der Waals surface area contributed by atoms with Gasteiger partial charge in [-0.2, -0.15) is 0 Å². The lowest BCUT2D eigenvalue weighted by atomic mass is 9.86. The number of carbonyl (C=O) groups excluding carboxylic acids is 1. The highest BCUT2D eigenvalue weighted by molar-refractivity contribution is 5.87. The van der Waals surface area contributed by atoms with E-state index >= 15 is 0 Å². The van der Waals surface area contributed by atoms with Crippen LogP contribution in [0.15, 0.2) is 30.3 Å². The first-order valence-corrected chi connectivity index (χ1v) is 6.96. The largest absolute Gasteiger partial charge is 0.480 e. The van der Waals surface area contributed by atoms with Gasteiger partial charge in [0.2, 0.25) is 5.91 Å². The van der Waals surface area contributed by atoms with Crippen LogP contribution in [0.3, 0.4) is 0 Å². The summed E-state index contributed by atoms with van der Waals surface area (Å²) in [5.74, 6) is -1.59. The van der Waals surface area contributed by atoms with Crippen molar-refractivity contribution in [2.75, 3.05) is 13.1 Å². The van der Waals surface area contributed by atoms with Crippen LogP contribution in [0.1, 0.15) is 30.7 Å². The summed E-state index contributed by atoms with van der Waals surface area (Å²) < 4.78 is 0. The molecule has 0 aliphatic carbocycles. The number of rotatable bonds is 5. The van der Waals surface area contributed by atoms with Crippen molar-refractivity contribution in [2.24, 2.45) is 0 Å². The molecular formula is C15H20N2O3. The minimum atomic E-state index is -1.03. The Morgan fingerprint density at radius 3 is 2.65 bits per heavy atom. The molecule has 2 rings (SSSR count). The van der Waals surface area contributed by atoms with Crippen LogP contribution in [0.2, 0.25) is 0 Å². The number of carboxylic acids is 1. The van der Waals surface area contributed by atoms with Crippen molar-refractivity contribution < 1.29 is 14.7 Å². The van der Waals surface area contributed by atoms with Crippen LogP contribution in [0, 0.1) is 0 Å². The highest BCUT2D eigenvalue weighted by Gasteiger charge is 2.30. The predicted molar refractivity (Wildman–Crippen MR) is 75.5 cm³/mol. The van der Waals surface area contributed by atoms with Gasteiger partial charge in [0.15, 0.2) is 0 Å². The number of carboxylic acid groups (broad SMARTS) is 1. The average Bonchev–Trinajstić information content (AvgIpc) is 2.48. The summed E-state index contributed by atoms with van der Waals surface area (Å²) in [7, 11) is 0. The van der Waals surface area contributed by atoms with Crippen molar-refractivity contribution in [1.82, 2.24) is 10.6 Å². The molecule has 0 saturated carbocycles. The third-order valence-electron chi connectivity index (χ3n) is 3.61. The fourth-order valence-corrected chi connectivity index (χ4v) is 2.66. The smallest absolute Gasteiger partial charge is 0.322 e. The standard InChI is InChI=1S/C15H20N2O3/c18-13(19)10-17-15(20)14(11-6-2-1-3-7-11)12-8-4-5-9-16-12/h1-3,6-7,12,14,16H,4-5,8-10H2,(H,17,20)(H,18,19). The van der Waals surface area contributed by atoms with Gasteiger partial charge in [-0.1, -0.05) is 36.8 Å². The van der Waals surface area contributed by atoms with Crippen LogP contribution >= 0.6 is 0 Å². The molecule has 2 atom stereocenters. The number of carbonyl (C=O) groups is 2. The third kappa shape index (κ3) is 3.81. The number of nitrogens with one attached hydrogen (secondary N) is 2. The lowest BCUT2D eigenvalue weighted by Gasteiger charge is -2.30. The van der Waals surface area contributed by atoms with Gasteiger partial charge in [0.05, 0.1) is 5.92 Å². The third-order valence-corrected chi connectivity index (χ3v) is 3.61. The first kappa shape index (κ1) is 14.5. The molecule has 108 valence electrons. The Labute approximate surface area is 118 Å². The number of amides is 1. The topological polar surface area (TPSA) is 78.4 Å². The van der Waals surface area contributed by atoms with Gasteiger partial charge in [0, 0.05) is 6.04 Å². The van der Waals surface area contributed by atoms with Crippen molar-refractivity contribution in [3.05, 3.63) is 35.9 Å². The number of hydrogen-bond donors (Lipinski definition) is 3. The molecule has 2 unspecified atom stereocenters. The molecule has 1 saturated heterocycles. The Morgan fingerprint density at radius 1 is 1.30 bits per heavy atom. The van der Waals surface area contributed by atoms with E-state index < -0.39 is 5.97 Å². The van der Waals surface area contributed by atoms with E-state index in [0.29, 0.717) is 0 Å². The Balaban J connectivity index is 2.15. The normalized spacial score (nSPS) is 20.1. The average molecular weight is 276 g/mol. The van der Waals surface area contributed by atoms with E-state index in [0.717, 1.165) is 31.4 Å². The van der Waals surface area contributed by atoms with E-state index in [1.807, 2.05) is 30.3 Å². The molecule has 0 radical (unpaired) electrons. The molecule has 1 aromatic rings. The molecule has 1 fully saturated rings. The SMILES string of the molecule is O=C(O)CNC(=O)C(c1ccccc1)C1CCCCN1. The molecule has 0 spiro atoms. The van der Waals surface area contributed by atoms with E-state index in [1.165, 1.54) is 0 Å². The number of piperidine rings is 1. The molecule has 1 amide bonds. The van der Waals surface area contributed by atoms with Crippen LogP contribution in [0.5, 0.6) is 0 Å². The molecule has 1 aromatic carbocycles. The molecule has 0 aromatic heterocycles. The summed E-state index contributed by atoms with van der Waals surface area (Å²) in [4.78, 5) is 22.9. The van der Waals surface area contributed by atoms with Crippen LogP contribution in [0.4, 0.5) is 0 Å².